The van der Waals surface area contributed by atoms with Gasteiger partial charge in [0.05, 0.1) is 16.6 Å². The molecule has 1 aliphatic carbocycles. The first-order chi connectivity index (χ1) is 20.1. The first-order valence-corrected chi connectivity index (χ1v) is 14.6. The zero-order chi connectivity index (χ0) is 27.4. The highest BCUT2D eigenvalue weighted by atomic mass is 14.9. The summed E-state index contributed by atoms with van der Waals surface area (Å²) < 4.78 is 2.51. The van der Waals surface area contributed by atoms with E-state index >= 15 is 0 Å². The molecule has 0 unspecified atom stereocenters. The predicted molar refractivity (Wildman–Crippen MR) is 174 cm³/mol. The fourth-order valence-electron chi connectivity index (χ4n) is 7.73. The third-order valence-corrected chi connectivity index (χ3v) is 9.64. The first-order valence-electron chi connectivity index (χ1n) is 14.6. The van der Waals surface area contributed by atoms with E-state index in [9.17, 15) is 0 Å². The Labute approximate surface area is 239 Å². The van der Waals surface area contributed by atoms with Crippen LogP contribution in [0.4, 0.5) is 0 Å². The van der Waals surface area contributed by atoms with Gasteiger partial charge in [0.25, 0.3) is 0 Å². The summed E-state index contributed by atoms with van der Waals surface area (Å²) in [5, 5.41) is 5.38. The number of aromatic nitrogens is 1. The summed E-state index contributed by atoms with van der Waals surface area (Å²) >= 11 is 0. The molecule has 1 aliphatic rings. The van der Waals surface area contributed by atoms with Gasteiger partial charge in [-0.25, -0.2) is 0 Å². The lowest BCUT2D eigenvalue weighted by atomic mass is 9.85. The van der Waals surface area contributed by atoms with Crippen molar-refractivity contribution in [1.82, 2.24) is 4.40 Å². The minimum atomic E-state index is 0.980. The zero-order valence-electron chi connectivity index (χ0n) is 23.5. The van der Waals surface area contributed by atoms with Crippen molar-refractivity contribution >= 4 is 38.1 Å². The van der Waals surface area contributed by atoms with Crippen molar-refractivity contribution in [3.05, 3.63) is 137 Å². The van der Waals surface area contributed by atoms with Crippen molar-refractivity contribution in [3.63, 3.8) is 0 Å². The van der Waals surface area contributed by atoms with Gasteiger partial charge >= 0.3 is 0 Å². The molecule has 0 N–H and O–H groups in total. The molecule has 6 aromatic carbocycles. The lowest BCUT2D eigenvalue weighted by molar-refractivity contribution is 1.26. The summed E-state index contributed by atoms with van der Waals surface area (Å²) in [6, 6.07) is 40.9. The Morgan fingerprint density at radius 1 is 0.463 bits per heavy atom. The molecule has 0 saturated heterocycles. The Morgan fingerprint density at radius 3 is 2.05 bits per heavy atom. The molecule has 2 heterocycles. The van der Waals surface area contributed by atoms with Crippen LogP contribution in [-0.2, 0) is 6.42 Å². The van der Waals surface area contributed by atoms with E-state index in [0.29, 0.717) is 0 Å². The highest BCUT2D eigenvalue weighted by molar-refractivity contribution is 6.23. The average molecular weight is 524 g/mol. The fourth-order valence-corrected chi connectivity index (χ4v) is 7.73. The van der Waals surface area contributed by atoms with Crippen LogP contribution in [-0.4, -0.2) is 4.40 Å². The van der Waals surface area contributed by atoms with E-state index in [1.54, 1.807) is 0 Å². The second-order valence-electron chi connectivity index (χ2n) is 11.8. The number of hydrogen-bond donors (Lipinski definition) is 0. The number of hydrogen-bond acceptors (Lipinski definition) is 0. The van der Waals surface area contributed by atoms with Gasteiger partial charge < -0.3 is 4.40 Å². The molecule has 0 aliphatic heterocycles. The van der Waals surface area contributed by atoms with Crippen molar-refractivity contribution in [3.8, 4) is 33.4 Å². The van der Waals surface area contributed by atoms with E-state index in [1.807, 2.05) is 0 Å². The Hall–Kier alpha value is -4.88. The molecule has 9 rings (SSSR count). The summed E-state index contributed by atoms with van der Waals surface area (Å²) in [5.74, 6) is 0. The molecule has 0 radical (unpaired) electrons. The summed E-state index contributed by atoms with van der Waals surface area (Å²) in [7, 11) is 0. The maximum Gasteiger partial charge on any atom is 0.0620 e. The number of nitrogens with zero attached hydrogens (tertiary/aromatic N) is 1. The van der Waals surface area contributed by atoms with E-state index in [0.717, 1.165) is 6.42 Å². The third-order valence-electron chi connectivity index (χ3n) is 9.64. The average Bonchev–Trinajstić information content (AvgIpc) is 3.63. The maximum atomic E-state index is 2.51. The normalized spacial score (nSPS) is 12.7. The quantitative estimate of drug-likeness (QED) is 0.212. The van der Waals surface area contributed by atoms with E-state index in [4.69, 9.17) is 0 Å². The smallest absolute Gasteiger partial charge is 0.0620 e. The number of benzene rings is 6. The third kappa shape index (κ3) is 2.96. The van der Waals surface area contributed by atoms with Gasteiger partial charge in [-0.2, -0.15) is 0 Å². The van der Waals surface area contributed by atoms with Crippen LogP contribution in [0.5, 0.6) is 0 Å². The summed E-state index contributed by atoms with van der Waals surface area (Å²) in [6.45, 7) is 6.79. The van der Waals surface area contributed by atoms with Crippen molar-refractivity contribution in [2.75, 3.05) is 0 Å². The molecule has 194 valence electrons. The van der Waals surface area contributed by atoms with Crippen molar-refractivity contribution in [2.24, 2.45) is 0 Å². The Kier molecular flexibility index (Phi) is 4.51. The Balaban J connectivity index is 1.35. The Morgan fingerprint density at radius 2 is 1.17 bits per heavy atom. The van der Waals surface area contributed by atoms with Gasteiger partial charge in [0, 0.05) is 21.5 Å². The van der Waals surface area contributed by atoms with Crippen LogP contribution in [0, 0.1) is 20.8 Å². The van der Waals surface area contributed by atoms with Crippen molar-refractivity contribution in [1.29, 1.82) is 0 Å². The summed E-state index contributed by atoms with van der Waals surface area (Å²) in [5.41, 5.74) is 19.0. The van der Waals surface area contributed by atoms with Crippen LogP contribution in [0.3, 0.4) is 0 Å². The predicted octanol–water partition coefficient (Wildman–Crippen LogP) is 10.7. The monoisotopic (exact) mass is 523 g/mol. The van der Waals surface area contributed by atoms with Gasteiger partial charge in [-0.05, 0) is 107 Å². The molecule has 1 heteroatoms. The maximum absolute atomic E-state index is 2.51. The molecule has 2 aromatic heterocycles. The van der Waals surface area contributed by atoms with E-state index in [1.165, 1.54) is 99.3 Å². The first kappa shape index (κ1) is 22.9. The van der Waals surface area contributed by atoms with Crippen LogP contribution in [0.25, 0.3) is 71.5 Å². The van der Waals surface area contributed by atoms with Gasteiger partial charge in [-0.1, -0.05) is 91.0 Å². The standard InChI is InChI=1S/C40H29N/c1-23-10-4-5-11-28(23)29-13-8-14-30(25(29)3)38-24(2)18-19-26-20-27-21-35-33-16-9-15-32-31-12-6-7-17-36(31)41(40(32)33)37(35)22-34(27)39(26)38/h4-19,21-22H,20H2,1-3H3. The molecule has 0 atom stereocenters. The molecule has 0 amide bonds. The van der Waals surface area contributed by atoms with Crippen molar-refractivity contribution in [2.45, 2.75) is 27.2 Å². The van der Waals surface area contributed by atoms with Gasteiger partial charge in [0.15, 0.2) is 0 Å². The van der Waals surface area contributed by atoms with Gasteiger partial charge in [-0.3, -0.25) is 0 Å². The second kappa shape index (κ2) is 8.08. The van der Waals surface area contributed by atoms with Crippen molar-refractivity contribution < 1.29 is 0 Å². The molecule has 41 heavy (non-hydrogen) atoms. The molecular formula is C40H29N. The SMILES string of the molecule is Cc1ccccc1-c1cccc(-c2c(C)ccc3c2-c2cc4c(cc2C3)c2cccc3c5ccccc5n4c32)c1C. The molecule has 0 fully saturated rings. The number of fused-ring (bicyclic) bond motifs is 9. The number of para-hydroxylation sites is 2. The largest absolute Gasteiger partial charge is 0.308 e. The minimum Gasteiger partial charge on any atom is -0.308 e. The second-order valence-corrected chi connectivity index (χ2v) is 11.8. The number of aryl methyl sites for hydroxylation is 2. The lowest BCUT2D eigenvalue weighted by Gasteiger charge is -2.19. The van der Waals surface area contributed by atoms with E-state index in [-0.39, 0.29) is 0 Å². The number of rotatable bonds is 2. The molecule has 1 nitrogen and oxygen atoms in total. The van der Waals surface area contributed by atoms with E-state index < -0.39 is 0 Å². The van der Waals surface area contributed by atoms with Crippen LogP contribution in [0.2, 0.25) is 0 Å². The molecule has 0 saturated carbocycles. The lowest BCUT2D eigenvalue weighted by Crippen LogP contribution is -1.95. The summed E-state index contributed by atoms with van der Waals surface area (Å²) in [4.78, 5) is 0. The zero-order valence-corrected chi connectivity index (χ0v) is 23.5. The van der Waals surface area contributed by atoms with Gasteiger partial charge in [-0.15, -0.1) is 0 Å². The van der Waals surface area contributed by atoms with E-state index in [2.05, 4.69) is 134 Å². The summed E-state index contributed by atoms with van der Waals surface area (Å²) in [6.07, 6.45) is 0.980. The van der Waals surface area contributed by atoms with Gasteiger partial charge in [0.1, 0.15) is 0 Å². The van der Waals surface area contributed by atoms with Crippen LogP contribution in [0.15, 0.2) is 109 Å². The molecular weight excluding hydrogens is 494 g/mol. The minimum absolute atomic E-state index is 0.980. The fraction of sp³-hybridized carbons (Fsp3) is 0.100. The molecule has 8 aromatic rings. The van der Waals surface area contributed by atoms with Crippen LogP contribution in [0.1, 0.15) is 27.8 Å². The topological polar surface area (TPSA) is 4.41 Å². The van der Waals surface area contributed by atoms with Gasteiger partial charge in [0.2, 0.25) is 0 Å². The van der Waals surface area contributed by atoms with Crippen LogP contribution >= 0.6 is 0 Å². The van der Waals surface area contributed by atoms with Crippen LogP contribution < -0.4 is 0 Å². The molecule has 0 bridgehead atoms. The highest BCUT2D eigenvalue weighted by Crippen LogP contribution is 2.49. The molecule has 0 spiro atoms. The highest BCUT2D eigenvalue weighted by Gasteiger charge is 2.27. The Bertz CT molecular complexity index is 2360.